The molecule has 0 amide bonds. The van der Waals surface area contributed by atoms with Crippen LogP contribution in [0.4, 0.5) is 17.6 Å². The first-order valence-electron chi connectivity index (χ1n) is 7.06. The minimum absolute atomic E-state index is 0.283. The van der Waals surface area contributed by atoms with Crippen molar-refractivity contribution in [1.82, 2.24) is 14.8 Å². The number of rotatable bonds is 4. The summed E-state index contributed by atoms with van der Waals surface area (Å²) in [6, 6.07) is 9.64. The van der Waals surface area contributed by atoms with Gasteiger partial charge in [0.25, 0.3) is 0 Å². The molecule has 0 saturated carbocycles. The van der Waals surface area contributed by atoms with Crippen LogP contribution in [0, 0.1) is 5.82 Å². The van der Waals surface area contributed by atoms with Gasteiger partial charge in [-0.05, 0) is 30.3 Å². The zero-order valence-electron chi connectivity index (χ0n) is 12.7. The van der Waals surface area contributed by atoms with Crippen molar-refractivity contribution in [1.29, 1.82) is 0 Å². The Balaban J connectivity index is 1.84. The van der Waals surface area contributed by atoms with Crippen molar-refractivity contribution in [3.8, 4) is 22.8 Å². The maximum Gasteiger partial charge on any atom is 0.573 e. The molecule has 8 heteroatoms. The summed E-state index contributed by atoms with van der Waals surface area (Å²) >= 11 is 0. The molecule has 0 N–H and O–H groups in total. The highest BCUT2D eigenvalue weighted by molar-refractivity contribution is 5.59. The molecule has 0 atom stereocenters. The van der Waals surface area contributed by atoms with Crippen molar-refractivity contribution < 1.29 is 22.3 Å². The topological polar surface area (TPSA) is 39.9 Å². The second kappa shape index (κ2) is 6.39. The van der Waals surface area contributed by atoms with Crippen molar-refractivity contribution in [3.05, 3.63) is 66.8 Å². The molecule has 1 heterocycles. The summed E-state index contributed by atoms with van der Waals surface area (Å²) in [6.07, 6.45) is -1.96. The number of alkyl halides is 3. The van der Waals surface area contributed by atoms with Crippen LogP contribution in [-0.4, -0.2) is 21.1 Å². The number of benzene rings is 2. The van der Waals surface area contributed by atoms with Gasteiger partial charge >= 0.3 is 6.36 Å². The molecule has 0 bridgehead atoms. The number of hydrogen-bond donors (Lipinski definition) is 0. The monoisotopic (exact) mass is 349 g/mol. The van der Waals surface area contributed by atoms with E-state index in [-0.39, 0.29) is 11.6 Å². The van der Waals surface area contributed by atoms with Gasteiger partial charge in [-0.3, -0.25) is 0 Å². The van der Waals surface area contributed by atoms with Crippen LogP contribution in [0.15, 0.2) is 55.4 Å². The zero-order valence-corrected chi connectivity index (χ0v) is 12.7. The Bertz CT molecular complexity index is 901. The smallest absolute Gasteiger partial charge is 0.406 e. The molecule has 25 heavy (non-hydrogen) atoms. The fourth-order valence-electron chi connectivity index (χ4n) is 2.15. The van der Waals surface area contributed by atoms with Gasteiger partial charge in [-0.1, -0.05) is 24.8 Å². The Kier molecular flexibility index (Phi) is 4.26. The fourth-order valence-corrected chi connectivity index (χ4v) is 2.15. The van der Waals surface area contributed by atoms with Crippen molar-refractivity contribution in [2.24, 2.45) is 0 Å². The molecule has 4 nitrogen and oxygen atoms in total. The van der Waals surface area contributed by atoms with Crippen molar-refractivity contribution in [2.45, 2.75) is 6.36 Å². The summed E-state index contributed by atoms with van der Waals surface area (Å²) < 4.78 is 55.4. The molecule has 128 valence electrons. The third kappa shape index (κ3) is 3.85. The van der Waals surface area contributed by atoms with E-state index in [1.54, 1.807) is 12.1 Å². The lowest BCUT2D eigenvalue weighted by Crippen LogP contribution is -2.17. The van der Waals surface area contributed by atoms with E-state index in [1.807, 2.05) is 0 Å². The predicted molar refractivity (Wildman–Crippen MR) is 83.5 cm³/mol. The van der Waals surface area contributed by atoms with Gasteiger partial charge in [0.2, 0.25) is 0 Å². The molecule has 0 aliphatic heterocycles. The maximum atomic E-state index is 13.8. The first-order valence-corrected chi connectivity index (χ1v) is 7.06. The summed E-state index contributed by atoms with van der Waals surface area (Å²) in [5.74, 6) is -0.499. The molecule has 0 unspecified atom stereocenters. The van der Waals surface area contributed by atoms with E-state index >= 15 is 0 Å². The third-order valence-electron chi connectivity index (χ3n) is 3.31. The van der Waals surface area contributed by atoms with E-state index in [2.05, 4.69) is 21.4 Å². The summed E-state index contributed by atoms with van der Waals surface area (Å²) in [5.41, 5.74) is 1.32. The van der Waals surface area contributed by atoms with Crippen LogP contribution < -0.4 is 4.74 Å². The summed E-state index contributed by atoms with van der Waals surface area (Å²) in [6.45, 7) is 3.51. The van der Waals surface area contributed by atoms with E-state index < -0.39 is 12.2 Å². The summed E-state index contributed by atoms with van der Waals surface area (Å²) in [4.78, 5) is 4.09. The number of nitrogens with zero attached hydrogens (tertiary/aromatic N) is 3. The van der Waals surface area contributed by atoms with E-state index in [1.165, 1.54) is 47.4 Å². The van der Waals surface area contributed by atoms with Crippen LogP contribution in [-0.2, 0) is 0 Å². The van der Waals surface area contributed by atoms with Gasteiger partial charge in [-0.15, -0.1) is 18.3 Å². The van der Waals surface area contributed by atoms with Crippen LogP contribution in [0.5, 0.6) is 5.75 Å². The zero-order chi connectivity index (χ0) is 18.0. The molecule has 0 saturated heterocycles. The summed E-state index contributed by atoms with van der Waals surface area (Å²) in [7, 11) is 0. The van der Waals surface area contributed by atoms with E-state index in [0.717, 1.165) is 0 Å². The lowest BCUT2D eigenvalue weighted by atomic mass is 10.1. The van der Waals surface area contributed by atoms with Crippen LogP contribution in [0.2, 0.25) is 0 Å². The number of aromatic nitrogens is 3. The SMILES string of the molecule is C=Cc1ccc(-c2ncn(-c3ccc(OC(F)(F)F)cc3)n2)cc1F. The minimum atomic E-state index is -4.75. The maximum absolute atomic E-state index is 13.8. The summed E-state index contributed by atoms with van der Waals surface area (Å²) in [5, 5.41) is 4.20. The van der Waals surface area contributed by atoms with Crippen LogP contribution in [0.1, 0.15) is 5.56 Å². The molecule has 0 spiro atoms. The van der Waals surface area contributed by atoms with Gasteiger partial charge in [0.1, 0.15) is 17.9 Å². The van der Waals surface area contributed by atoms with Crippen molar-refractivity contribution >= 4 is 6.08 Å². The fraction of sp³-hybridized carbons (Fsp3) is 0.0588. The lowest BCUT2D eigenvalue weighted by molar-refractivity contribution is -0.274. The standard InChI is InChI=1S/C17H11F4N3O/c1-2-11-3-4-12(9-15(11)18)16-22-10-24(23-16)13-5-7-14(8-6-13)25-17(19,20)21/h2-10H,1H2. The molecule has 3 aromatic rings. The average molecular weight is 349 g/mol. The van der Waals surface area contributed by atoms with Crippen LogP contribution >= 0.6 is 0 Å². The Hall–Kier alpha value is -3.16. The second-order valence-electron chi connectivity index (χ2n) is 4.99. The van der Waals surface area contributed by atoms with Gasteiger partial charge in [0.15, 0.2) is 5.82 Å². The average Bonchev–Trinajstić information content (AvgIpc) is 3.04. The van der Waals surface area contributed by atoms with Gasteiger partial charge < -0.3 is 4.74 Å². The van der Waals surface area contributed by atoms with Crippen molar-refractivity contribution in [3.63, 3.8) is 0 Å². The Morgan fingerprint density at radius 3 is 2.40 bits per heavy atom. The second-order valence-corrected chi connectivity index (χ2v) is 4.99. The number of halogens is 4. The van der Waals surface area contributed by atoms with E-state index in [0.29, 0.717) is 16.8 Å². The molecular formula is C17H11F4N3O. The molecule has 0 fully saturated rings. The van der Waals surface area contributed by atoms with Gasteiger partial charge in [-0.2, -0.15) is 0 Å². The number of ether oxygens (including phenoxy) is 1. The van der Waals surface area contributed by atoms with Crippen molar-refractivity contribution in [2.75, 3.05) is 0 Å². The highest BCUT2D eigenvalue weighted by Crippen LogP contribution is 2.24. The van der Waals surface area contributed by atoms with Crippen LogP contribution in [0.3, 0.4) is 0 Å². The molecule has 0 radical (unpaired) electrons. The van der Waals surface area contributed by atoms with E-state index in [4.69, 9.17) is 0 Å². The molecule has 0 aliphatic rings. The molecule has 1 aromatic heterocycles. The molecular weight excluding hydrogens is 338 g/mol. The Labute approximate surface area is 140 Å². The minimum Gasteiger partial charge on any atom is -0.406 e. The largest absolute Gasteiger partial charge is 0.573 e. The molecule has 2 aromatic carbocycles. The molecule has 3 rings (SSSR count). The number of hydrogen-bond acceptors (Lipinski definition) is 3. The first kappa shape index (κ1) is 16.7. The molecule has 0 aliphatic carbocycles. The third-order valence-corrected chi connectivity index (χ3v) is 3.31. The highest BCUT2D eigenvalue weighted by atomic mass is 19.4. The lowest BCUT2D eigenvalue weighted by Gasteiger charge is -2.09. The first-order chi connectivity index (χ1) is 11.9. The predicted octanol–water partition coefficient (Wildman–Crippen LogP) is 4.62. The van der Waals surface area contributed by atoms with Crippen LogP contribution in [0.25, 0.3) is 23.2 Å². The Morgan fingerprint density at radius 2 is 1.80 bits per heavy atom. The normalized spacial score (nSPS) is 11.4. The highest BCUT2D eigenvalue weighted by Gasteiger charge is 2.30. The van der Waals surface area contributed by atoms with Gasteiger partial charge in [0, 0.05) is 11.1 Å². The van der Waals surface area contributed by atoms with Gasteiger partial charge in [0.05, 0.1) is 5.69 Å². The Morgan fingerprint density at radius 1 is 1.08 bits per heavy atom. The quantitative estimate of drug-likeness (QED) is 0.646. The van der Waals surface area contributed by atoms with Gasteiger partial charge in [-0.25, -0.2) is 14.1 Å². The van der Waals surface area contributed by atoms with E-state index in [9.17, 15) is 17.6 Å².